The lowest BCUT2D eigenvalue weighted by Crippen LogP contribution is -2.30. The van der Waals surface area contributed by atoms with E-state index in [1.54, 1.807) is 0 Å². The van der Waals surface area contributed by atoms with Crippen LogP contribution in [0.15, 0.2) is 48.6 Å². The first-order valence-corrected chi connectivity index (χ1v) is 24.6. The number of hydrogen-bond acceptors (Lipinski definition) is 6. The summed E-state index contributed by atoms with van der Waals surface area (Å²) < 4.78 is 16.7. The minimum Gasteiger partial charge on any atom is -0.462 e. The molecule has 0 fully saturated rings. The smallest absolute Gasteiger partial charge is 0.306 e. The van der Waals surface area contributed by atoms with E-state index in [1.807, 2.05) is 0 Å². The Morgan fingerprint density at radius 1 is 0.362 bits per heavy atom. The maximum Gasteiger partial charge on any atom is 0.306 e. The molecule has 58 heavy (non-hydrogen) atoms. The Kier molecular flexibility index (Phi) is 44.9. The van der Waals surface area contributed by atoms with Crippen LogP contribution in [0.4, 0.5) is 0 Å². The number of hydrogen-bond donors (Lipinski definition) is 0. The molecule has 0 aliphatic rings. The van der Waals surface area contributed by atoms with E-state index in [1.165, 1.54) is 103 Å². The third-order valence-corrected chi connectivity index (χ3v) is 10.6. The number of ether oxygens (including phenoxy) is 3. The SMILES string of the molecule is CC/C=C\C/C=C\CCCCCCCC(=O)OC(COC(=O)CCCCCCCCC/C=C\C/C=C\CCCCC)COC(=O)CCCCCCCCCCCCC. The molecule has 0 aliphatic heterocycles. The van der Waals surface area contributed by atoms with E-state index in [-0.39, 0.29) is 31.1 Å². The largest absolute Gasteiger partial charge is 0.462 e. The van der Waals surface area contributed by atoms with Gasteiger partial charge in [0.1, 0.15) is 13.2 Å². The summed E-state index contributed by atoms with van der Waals surface area (Å²) in [5.74, 6) is -0.900. The lowest BCUT2D eigenvalue weighted by atomic mass is 10.1. The van der Waals surface area contributed by atoms with Gasteiger partial charge in [0, 0.05) is 19.3 Å². The monoisotopic (exact) mass is 813 g/mol. The zero-order valence-corrected chi connectivity index (χ0v) is 38.3. The molecule has 0 amide bonds. The van der Waals surface area contributed by atoms with Crippen molar-refractivity contribution in [3.05, 3.63) is 48.6 Å². The molecule has 0 saturated carbocycles. The topological polar surface area (TPSA) is 78.9 Å². The van der Waals surface area contributed by atoms with Gasteiger partial charge < -0.3 is 14.2 Å². The molecule has 0 aromatic carbocycles. The molecule has 1 atom stereocenters. The van der Waals surface area contributed by atoms with Crippen LogP contribution in [0, 0.1) is 0 Å². The van der Waals surface area contributed by atoms with E-state index in [0.717, 1.165) is 103 Å². The zero-order chi connectivity index (χ0) is 42.3. The summed E-state index contributed by atoms with van der Waals surface area (Å²) in [5.41, 5.74) is 0. The molecule has 0 saturated heterocycles. The van der Waals surface area contributed by atoms with Gasteiger partial charge >= 0.3 is 17.9 Å². The number of carbonyl (C=O) groups excluding carboxylic acids is 3. The van der Waals surface area contributed by atoms with Crippen LogP contribution in [-0.4, -0.2) is 37.2 Å². The second-order valence-corrected chi connectivity index (χ2v) is 16.3. The molecule has 0 aliphatic carbocycles. The fourth-order valence-corrected chi connectivity index (χ4v) is 6.86. The third kappa shape index (κ3) is 44.5. The molecule has 6 heteroatoms. The molecule has 0 rings (SSSR count). The van der Waals surface area contributed by atoms with E-state index >= 15 is 0 Å². The van der Waals surface area contributed by atoms with Gasteiger partial charge in [-0.15, -0.1) is 0 Å². The quantitative estimate of drug-likeness (QED) is 0.0264. The Labute approximate surface area is 358 Å². The molecule has 6 nitrogen and oxygen atoms in total. The van der Waals surface area contributed by atoms with Crippen LogP contribution in [0.5, 0.6) is 0 Å². The summed E-state index contributed by atoms with van der Waals surface area (Å²) in [6, 6.07) is 0. The van der Waals surface area contributed by atoms with E-state index < -0.39 is 6.10 Å². The highest BCUT2D eigenvalue weighted by molar-refractivity contribution is 5.71. The molecule has 0 N–H and O–H groups in total. The Balaban J connectivity index is 4.36. The highest BCUT2D eigenvalue weighted by Gasteiger charge is 2.19. The maximum absolute atomic E-state index is 12.7. The Morgan fingerprint density at radius 3 is 1.07 bits per heavy atom. The van der Waals surface area contributed by atoms with Crippen molar-refractivity contribution in [2.75, 3.05) is 13.2 Å². The van der Waals surface area contributed by atoms with Crippen molar-refractivity contribution >= 4 is 17.9 Å². The number of unbranched alkanes of at least 4 members (excludes halogenated alkanes) is 25. The summed E-state index contributed by atoms with van der Waals surface area (Å²) in [4.78, 5) is 37.8. The average molecular weight is 813 g/mol. The van der Waals surface area contributed by atoms with Gasteiger partial charge in [0.05, 0.1) is 0 Å². The zero-order valence-electron chi connectivity index (χ0n) is 38.3. The number of allylic oxidation sites excluding steroid dienone is 8. The van der Waals surface area contributed by atoms with Crippen LogP contribution >= 0.6 is 0 Å². The first-order valence-electron chi connectivity index (χ1n) is 24.6. The highest BCUT2D eigenvalue weighted by atomic mass is 16.6. The Morgan fingerprint density at radius 2 is 0.672 bits per heavy atom. The minimum absolute atomic E-state index is 0.0798. The van der Waals surface area contributed by atoms with Crippen LogP contribution in [0.1, 0.15) is 245 Å². The van der Waals surface area contributed by atoms with Crippen LogP contribution in [0.3, 0.4) is 0 Å². The fraction of sp³-hybridized carbons (Fsp3) is 0.788. The second kappa shape index (κ2) is 47.1. The minimum atomic E-state index is -0.779. The molecule has 0 aromatic rings. The van der Waals surface area contributed by atoms with Gasteiger partial charge in [-0.2, -0.15) is 0 Å². The summed E-state index contributed by atoms with van der Waals surface area (Å²) in [6.07, 6.45) is 55.2. The summed E-state index contributed by atoms with van der Waals surface area (Å²) in [7, 11) is 0. The summed E-state index contributed by atoms with van der Waals surface area (Å²) in [5, 5.41) is 0. The Bertz CT molecular complexity index is 1030. The molecule has 0 spiro atoms. The fourth-order valence-electron chi connectivity index (χ4n) is 6.86. The van der Waals surface area contributed by atoms with Crippen molar-refractivity contribution in [2.45, 2.75) is 252 Å². The van der Waals surface area contributed by atoms with Crippen LogP contribution in [0.25, 0.3) is 0 Å². The van der Waals surface area contributed by atoms with E-state index in [9.17, 15) is 14.4 Å². The van der Waals surface area contributed by atoms with E-state index in [2.05, 4.69) is 69.4 Å². The normalized spacial score (nSPS) is 12.4. The standard InChI is InChI=1S/C52H92O6/c1-4-7-10-13-16-19-22-24-25-26-27-28-31-33-36-39-42-45-51(54)57-48-49(47-56-50(53)44-41-38-35-32-29-21-18-15-12-9-6-3)58-52(55)46-43-40-37-34-30-23-20-17-14-11-8-5-2/h8,11,16-17,19-20,24-25,49H,4-7,9-10,12-15,18,21-23,26-48H2,1-3H3/b11-8-,19-16-,20-17-,25-24-. The molecule has 1 unspecified atom stereocenters. The van der Waals surface area contributed by atoms with Crippen molar-refractivity contribution in [2.24, 2.45) is 0 Å². The average Bonchev–Trinajstić information content (AvgIpc) is 3.22. The van der Waals surface area contributed by atoms with Crippen LogP contribution in [0.2, 0.25) is 0 Å². The summed E-state index contributed by atoms with van der Waals surface area (Å²) >= 11 is 0. The molecule has 336 valence electrons. The van der Waals surface area contributed by atoms with Crippen molar-refractivity contribution < 1.29 is 28.6 Å². The lowest BCUT2D eigenvalue weighted by Gasteiger charge is -2.18. The van der Waals surface area contributed by atoms with Crippen molar-refractivity contribution in [1.82, 2.24) is 0 Å². The van der Waals surface area contributed by atoms with Gasteiger partial charge in [-0.05, 0) is 77.0 Å². The van der Waals surface area contributed by atoms with Crippen molar-refractivity contribution in [3.63, 3.8) is 0 Å². The second-order valence-electron chi connectivity index (χ2n) is 16.3. The molecule has 0 heterocycles. The van der Waals surface area contributed by atoms with Gasteiger partial charge in [-0.25, -0.2) is 0 Å². The predicted molar refractivity (Wildman–Crippen MR) is 247 cm³/mol. The van der Waals surface area contributed by atoms with Gasteiger partial charge in [0.2, 0.25) is 0 Å². The molecule has 0 aromatic heterocycles. The van der Waals surface area contributed by atoms with Gasteiger partial charge in [-0.3, -0.25) is 14.4 Å². The number of carbonyl (C=O) groups is 3. The number of esters is 3. The maximum atomic E-state index is 12.7. The molecular formula is C52H92O6. The summed E-state index contributed by atoms with van der Waals surface area (Å²) in [6.45, 7) is 6.48. The number of rotatable bonds is 44. The van der Waals surface area contributed by atoms with Crippen LogP contribution in [-0.2, 0) is 28.6 Å². The van der Waals surface area contributed by atoms with Gasteiger partial charge in [0.25, 0.3) is 0 Å². The molecule has 0 radical (unpaired) electrons. The predicted octanol–water partition coefficient (Wildman–Crippen LogP) is 15.9. The third-order valence-electron chi connectivity index (χ3n) is 10.6. The van der Waals surface area contributed by atoms with Crippen molar-refractivity contribution in [3.8, 4) is 0 Å². The first-order chi connectivity index (χ1) is 28.5. The highest BCUT2D eigenvalue weighted by Crippen LogP contribution is 2.14. The molecule has 0 bridgehead atoms. The first kappa shape index (κ1) is 55.4. The van der Waals surface area contributed by atoms with Gasteiger partial charge in [-0.1, -0.05) is 198 Å². The molecular weight excluding hydrogens is 721 g/mol. The van der Waals surface area contributed by atoms with E-state index in [4.69, 9.17) is 14.2 Å². The van der Waals surface area contributed by atoms with Crippen molar-refractivity contribution in [1.29, 1.82) is 0 Å². The van der Waals surface area contributed by atoms with Gasteiger partial charge in [0.15, 0.2) is 6.10 Å². The lowest BCUT2D eigenvalue weighted by molar-refractivity contribution is -0.167. The van der Waals surface area contributed by atoms with E-state index in [0.29, 0.717) is 19.3 Å². The Hall–Kier alpha value is -2.63. The van der Waals surface area contributed by atoms with Crippen LogP contribution < -0.4 is 0 Å².